The minimum atomic E-state index is 0.472. The number of hydrogen-bond donors (Lipinski definition) is 1. The topological polar surface area (TPSA) is 12.0 Å². The van der Waals surface area contributed by atoms with Gasteiger partial charge < -0.3 is 5.32 Å². The van der Waals surface area contributed by atoms with Gasteiger partial charge >= 0.3 is 0 Å². The Balaban J connectivity index is 2.43. The average Bonchev–Trinajstić information content (AvgIpc) is 2.66. The molecule has 0 aromatic carbocycles. The van der Waals surface area contributed by atoms with Crippen LogP contribution < -0.4 is 5.32 Å². The zero-order chi connectivity index (χ0) is 10.4. The van der Waals surface area contributed by atoms with E-state index in [1.165, 1.54) is 9.75 Å². The van der Waals surface area contributed by atoms with E-state index in [4.69, 9.17) is 0 Å². The molecule has 1 aromatic rings. The van der Waals surface area contributed by atoms with Crippen molar-refractivity contribution in [2.45, 2.75) is 32.7 Å². The van der Waals surface area contributed by atoms with Crippen LogP contribution in [0.4, 0.5) is 0 Å². The van der Waals surface area contributed by atoms with Crippen LogP contribution >= 0.6 is 11.3 Å². The van der Waals surface area contributed by atoms with E-state index in [9.17, 15) is 0 Å². The number of nitrogens with one attached hydrogen (secondary N) is 1. The van der Waals surface area contributed by atoms with Crippen LogP contribution in [0.15, 0.2) is 24.8 Å². The van der Waals surface area contributed by atoms with E-state index >= 15 is 0 Å². The molecular weight excluding hydrogens is 190 g/mol. The van der Waals surface area contributed by atoms with E-state index in [0.717, 1.165) is 19.4 Å². The van der Waals surface area contributed by atoms with Gasteiger partial charge in [0.2, 0.25) is 0 Å². The van der Waals surface area contributed by atoms with Gasteiger partial charge in [0.25, 0.3) is 0 Å². The molecule has 1 heterocycles. The monoisotopic (exact) mass is 209 g/mol. The Kier molecular flexibility index (Phi) is 4.91. The third-order valence-corrected chi connectivity index (χ3v) is 3.67. The van der Waals surface area contributed by atoms with Crippen molar-refractivity contribution in [1.29, 1.82) is 0 Å². The lowest BCUT2D eigenvalue weighted by Crippen LogP contribution is -2.18. The minimum absolute atomic E-state index is 0.472. The highest BCUT2D eigenvalue weighted by Gasteiger charge is 2.06. The fraction of sp³-hybridized carbons (Fsp3) is 0.500. The Hall–Kier alpha value is -0.600. The lowest BCUT2D eigenvalue weighted by atomic mass is 10.2. The number of thiophene rings is 1. The molecule has 0 fully saturated rings. The Morgan fingerprint density at radius 3 is 2.93 bits per heavy atom. The third kappa shape index (κ3) is 3.28. The normalized spacial score (nSPS) is 12.7. The first-order valence-electron chi connectivity index (χ1n) is 5.20. The Bertz CT molecular complexity index is 278. The highest BCUT2D eigenvalue weighted by Crippen LogP contribution is 2.23. The van der Waals surface area contributed by atoms with Crippen LogP contribution in [0, 0.1) is 0 Å². The molecule has 0 radical (unpaired) electrons. The summed E-state index contributed by atoms with van der Waals surface area (Å²) in [6.07, 6.45) is 4.13. The second kappa shape index (κ2) is 5.99. The van der Waals surface area contributed by atoms with Gasteiger partial charge in [-0.15, -0.1) is 17.9 Å². The predicted octanol–water partition coefficient (Wildman–Crippen LogP) is 3.54. The maximum Gasteiger partial charge on any atom is 0.0386 e. The van der Waals surface area contributed by atoms with Crippen molar-refractivity contribution >= 4 is 11.3 Å². The Morgan fingerprint density at radius 2 is 2.36 bits per heavy atom. The smallest absolute Gasteiger partial charge is 0.0386 e. The van der Waals surface area contributed by atoms with E-state index in [2.05, 4.69) is 37.9 Å². The number of aryl methyl sites for hydroxylation is 1. The summed E-state index contributed by atoms with van der Waals surface area (Å²) in [5, 5.41) is 3.48. The summed E-state index contributed by atoms with van der Waals surface area (Å²) in [5.74, 6) is 0. The highest BCUT2D eigenvalue weighted by molar-refractivity contribution is 7.12. The molecule has 14 heavy (non-hydrogen) atoms. The molecule has 0 amide bonds. The quantitative estimate of drug-likeness (QED) is 0.558. The van der Waals surface area contributed by atoms with Crippen molar-refractivity contribution in [1.82, 2.24) is 5.32 Å². The first-order valence-corrected chi connectivity index (χ1v) is 6.02. The van der Waals surface area contributed by atoms with Crippen molar-refractivity contribution in [2.24, 2.45) is 0 Å². The molecule has 2 heteroatoms. The minimum Gasteiger partial charge on any atom is -0.309 e. The molecule has 0 aliphatic heterocycles. The van der Waals surface area contributed by atoms with Crippen LogP contribution in [0.3, 0.4) is 0 Å². The van der Waals surface area contributed by atoms with Gasteiger partial charge in [-0.2, -0.15) is 0 Å². The molecule has 1 nitrogen and oxygen atoms in total. The number of hydrogen-bond acceptors (Lipinski definition) is 2. The molecular formula is C12H19NS. The van der Waals surface area contributed by atoms with Crippen molar-refractivity contribution in [3.05, 3.63) is 34.5 Å². The second-order valence-electron chi connectivity index (χ2n) is 3.41. The van der Waals surface area contributed by atoms with Crippen LogP contribution in [0.2, 0.25) is 0 Å². The van der Waals surface area contributed by atoms with Crippen LogP contribution in [-0.2, 0) is 6.42 Å². The molecule has 78 valence electrons. The SMILES string of the molecule is C=CCCNC(C)c1ccc(CC)s1. The van der Waals surface area contributed by atoms with E-state index in [-0.39, 0.29) is 0 Å². The van der Waals surface area contributed by atoms with E-state index in [1.54, 1.807) is 0 Å². The average molecular weight is 209 g/mol. The van der Waals surface area contributed by atoms with Crippen molar-refractivity contribution in [3.63, 3.8) is 0 Å². The highest BCUT2D eigenvalue weighted by atomic mass is 32.1. The largest absolute Gasteiger partial charge is 0.309 e. The third-order valence-electron chi connectivity index (χ3n) is 2.26. The molecule has 0 saturated heterocycles. The van der Waals surface area contributed by atoms with Crippen LogP contribution in [0.25, 0.3) is 0 Å². The summed E-state index contributed by atoms with van der Waals surface area (Å²) in [4.78, 5) is 2.91. The van der Waals surface area contributed by atoms with Gasteiger partial charge in [-0.05, 0) is 38.4 Å². The molecule has 1 rings (SSSR count). The van der Waals surface area contributed by atoms with E-state index in [1.807, 2.05) is 17.4 Å². The van der Waals surface area contributed by atoms with Gasteiger partial charge in [0.05, 0.1) is 0 Å². The predicted molar refractivity (Wildman–Crippen MR) is 64.9 cm³/mol. The maximum atomic E-state index is 3.71. The van der Waals surface area contributed by atoms with Gasteiger partial charge in [0.1, 0.15) is 0 Å². The van der Waals surface area contributed by atoms with Crippen molar-refractivity contribution < 1.29 is 0 Å². The zero-order valence-corrected chi connectivity index (χ0v) is 9.86. The van der Waals surface area contributed by atoms with Gasteiger partial charge in [0, 0.05) is 15.8 Å². The lowest BCUT2D eigenvalue weighted by molar-refractivity contribution is 0.589. The van der Waals surface area contributed by atoms with E-state index < -0.39 is 0 Å². The summed E-state index contributed by atoms with van der Waals surface area (Å²) in [6, 6.07) is 4.93. The molecule has 1 aromatic heterocycles. The first-order chi connectivity index (χ1) is 6.77. The molecule has 0 saturated carbocycles. The van der Waals surface area contributed by atoms with E-state index in [0.29, 0.717) is 6.04 Å². The van der Waals surface area contributed by atoms with Crippen molar-refractivity contribution in [2.75, 3.05) is 6.54 Å². The molecule has 0 aliphatic rings. The van der Waals surface area contributed by atoms with Crippen molar-refractivity contribution in [3.8, 4) is 0 Å². The van der Waals surface area contributed by atoms with Gasteiger partial charge in [-0.3, -0.25) is 0 Å². The summed E-state index contributed by atoms with van der Waals surface area (Å²) in [7, 11) is 0. The molecule has 0 aliphatic carbocycles. The van der Waals surface area contributed by atoms with Crippen LogP contribution in [0.1, 0.15) is 36.1 Å². The Morgan fingerprint density at radius 1 is 1.57 bits per heavy atom. The number of rotatable bonds is 6. The summed E-state index contributed by atoms with van der Waals surface area (Å²) < 4.78 is 0. The zero-order valence-electron chi connectivity index (χ0n) is 9.05. The van der Waals surface area contributed by atoms with Gasteiger partial charge in [0.15, 0.2) is 0 Å². The lowest BCUT2D eigenvalue weighted by Gasteiger charge is -2.10. The first kappa shape index (κ1) is 11.5. The standard InChI is InChI=1S/C12H19NS/c1-4-6-9-13-10(3)12-8-7-11(5-2)14-12/h4,7-8,10,13H,1,5-6,9H2,2-3H3. The fourth-order valence-corrected chi connectivity index (χ4v) is 2.30. The Labute approximate surface area is 90.9 Å². The summed E-state index contributed by atoms with van der Waals surface area (Å²) in [6.45, 7) is 9.14. The van der Waals surface area contributed by atoms with Crippen LogP contribution in [0.5, 0.6) is 0 Å². The van der Waals surface area contributed by atoms with Gasteiger partial charge in [-0.1, -0.05) is 13.0 Å². The summed E-state index contributed by atoms with van der Waals surface area (Å²) in [5.41, 5.74) is 0. The van der Waals surface area contributed by atoms with Crippen LogP contribution in [-0.4, -0.2) is 6.54 Å². The fourth-order valence-electron chi connectivity index (χ4n) is 1.32. The molecule has 0 bridgehead atoms. The molecule has 1 N–H and O–H groups in total. The van der Waals surface area contributed by atoms with Gasteiger partial charge in [-0.25, -0.2) is 0 Å². The molecule has 1 atom stereocenters. The molecule has 1 unspecified atom stereocenters. The second-order valence-corrected chi connectivity index (χ2v) is 4.61. The summed E-state index contributed by atoms with van der Waals surface area (Å²) >= 11 is 1.91. The maximum absolute atomic E-state index is 3.71. The molecule has 0 spiro atoms.